The van der Waals surface area contributed by atoms with Gasteiger partial charge < -0.3 is 14.4 Å². The number of esters is 1. The number of morpholine rings is 1. The van der Waals surface area contributed by atoms with Gasteiger partial charge in [-0.1, -0.05) is 6.07 Å². The van der Waals surface area contributed by atoms with Gasteiger partial charge in [-0.2, -0.15) is 0 Å². The Bertz CT molecular complexity index is 1030. The number of carbonyl (C=O) groups is 4. The van der Waals surface area contributed by atoms with Crippen LogP contribution in [0.5, 0.6) is 0 Å². The molecule has 2 aromatic rings. The number of hydrogen-bond donors (Lipinski definition) is 0. The lowest BCUT2D eigenvalue weighted by atomic mass is 10.2. The van der Waals surface area contributed by atoms with Gasteiger partial charge in [0.05, 0.1) is 42.4 Å². The van der Waals surface area contributed by atoms with Gasteiger partial charge in [0.15, 0.2) is 0 Å². The number of rotatable bonds is 8. The predicted molar refractivity (Wildman–Crippen MR) is 126 cm³/mol. The van der Waals surface area contributed by atoms with Crippen LogP contribution in [-0.2, 0) is 19.1 Å². The van der Waals surface area contributed by atoms with Crippen LogP contribution in [0.1, 0.15) is 33.4 Å². The molecule has 0 radical (unpaired) electrons. The number of nitrogens with zero attached hydrogens (tertiary/aromatic N) is 3. The molecule has 2 aliphatic heterocycles. The lowest BCUT2D eigenvalue weighted by Crippen LogP contribution is -2.49. The molecule has 0 N–H and O–H groups in total. The van der Waals surface area contributed by atoms with Crippen molar-refractivity contribution in [2.24, 2.45) is 0 Å². The van der Waals surface area contributed by atoms with Crippen LogP contribution >= 0.6 is 11.3 Å². The molecule has 0 bridgehead atoms. The Morgan fingerprint density at radius 3 is 2.53 bits per heavy atom. The van der Waals surface area contributed by atoms with E-state index in [-0.39, 0.29) is 24.8 Å². The van der Waals surface area contributed by atoms with Crippen molar-refractivity contribution in [3.63, 3.8) is 0 Å². The first-order valence-corrected chi connectivity index (χ1v) is 12.2. The van der Waals surface area contributed by atoms with Crippen LogP contribution in [0.25, 0.3) is 0 Å². The van der Waals surface area contributed by atoms with Gasteiger partial charge in [-0.15, -0.1) is 11.3 Å². The zero-order chi connectivity index (χ0) is 24.1. The van der Waals surface area contributed by atoms with Crippen molar-refractivity contribution in [1.82, 2.24) is 9.80 Å². The first-order valence-electron chi connectivity index (χ1n) is 11.3. The lowest BCUT2D eigenvalue weighted by molar-refractivity contribution is -0.122. The molecular weight excluding hydrogens is 458 g/mol. The van der Waals surface area contributed by atoms with Crippen LogP contribution in [0.2, 0.25) is 0 Å². The Balaban J connectivity index is 1.53. The Labute approximate surface area is 201 Å². The molecule has 2 fully saturated rings. The van der Waals surface area contributed by atoms with Gasteiger partial charge in [0, 0.05) is 26.2 Å². The van der Waals surface area contributed by atoms with E-state index >= 15 is 0 Å². The minimum absolute atomic E-state index is 0.0846. The van der Waals surface area contributed by atoms with Crippen molar-refractivity contribution in [2.75, 3.05) is 50.9 Å². The number of anilines is 1. The number of thiophene rings is 1. The second-order valence-corrected chi connectivity index (χ2v) is 8.93. The summed E-state index contributed by atoms with van der Waals surface area (Å²) >= 11 is 1.31. The molecule has 9 nitrogen and oxygen atoms in total. The van der Waals surface area contributed by atoms with Crippen LogP contribution in [0, 0.1) is 0 Å². The van der Waals surface area contributed by atoms with Crippen molar-refractivity contribution in [3.05, 3.63) is 52.2 Å². The second-order valence-electron chi connectivity index (χ2n) is 7.98. The van der Waals surface area contributed by atoms with Gasteiger partial charge in [-0.25, -0.2) is 9.69 Å². The summed E-state index contributed by atoms with van der Waals surface area (Å²) in [5, 5.41) is 1.81. The normalized spacial score (nSPS) is 18.9. The fraction of sp³-hybridized carbons (Fsp3) is 0.417. The molecule has 3 heterocycles. The summed E-state index contributed by atoms with van der Waals surface area (Å²) in [6, 6.07) is 8.77. The molecule has 3 amide bonds. The van der Waals surface area contributed by atoms with Gasteiger partial charge in [0.1, 0.15) is 6.04 Å². The highest BCUT2D eigenvalue weighted by Gasteiger charge is 2.44. The van der Waals surface area contributed by atoms with Gasteiger partial charge in [-0.3, -0.25) is 19.3 Å². The molecular formula is C24H27N3O6S. The van der Waals surface area contributed by atoms with E-state index < -0.39 is 17.9 Å². The fourth-order valence-electron chi connectivity index (χ4n) is 4.11. The van der Waals surface area contributed by atoms with E-state index in [0.717, 1.165) is 18.0 Å². The number of benzene rings is 1. The monoisotopic (exact) mass is 485 g/mol. The van der Waals surface area contributed by atoms with E-state index in [4.69, 9.17) is 9.47 Å². The highest BCUT2D eigenvalue weighted by atomic mass is 32.1. The Kier molecular flexibility index (Phi) is 7.71. The van der Waals surface area contributed by atoms with E-state index in [9.17, 15) is 19.2 Å². The summed E-state index contributed by atoms with van der Waals surface area (Å²) in [7, 11) is 0. The van der Waals surface area contributed by atoms with E-state index in [1.165, 1.54) is 28.4 Å². The maximum atomic E-state index is 13.4. The van der Waals surface area contributed by atoms with Crippen LogP contribution in [0.3, 0.4) is 0 Å². The number of imide groups is 1. The quantitative estimate of drug-likeness (QED) is 0.417. The molecule has 1 atom stereocenters. The van der Waals surface area contributed by atoms with Gasteiger partial charge in [0.2, 0.25) is 5.91 Å². The third-order valence-electron chi connectivity index (χ3n) is 5.89. The van der Waals surface area contributed by atoms with Crippen molar-refractivity contribution < 1.29 is 28.7 Å². The molecule has 4 rings (SSSR count). The summed E-state index contributed by atoms with van der Waals surface area (Å²) in [5.74, 6) is -1.55. The molecule has 180 valence electrons. The smallest absolute Gasteiger partial charge is 0.338 e. The summed E-state index contributed by atoms with van der Waals surface area (Å²) in [5.41, 5.74) is 0.698. The molecule has 1 unspecified atom stereocenters. The average molecular weight is 486 g/mol. The van der Waals surface area contributed by atoms with Crippen molar-refractivity contribution in [1.29, 1.82) is 0 Å². The second kappa shape index (κ2) is 10.9. The Morgan fingerprint density at radius 1 is 1.15 bits per heavy atom. The summed E-state index contributed by atoms with van der Waals surface area (Å²) in [6.45, 7) is 5.68. The SMILES string of the molecule is CCOC(=O)c1ccc(N2C(=O)CC(N(CCN3CCOCC3)C(=O)c3cccs3)C2=O)cc1. The lowest BCUT2D eigenvalue weighted by Gasteiger charge is -2.32. The molecule has 1 aromatic heterocycles. The number of carbonyl (C=O) groups excluding carboxylic acids is 4. The van der Waals surface area contributed by atoms with E-state index in [1.54, 1.807) is 31.2 Å². The topological polar surface area (TPSA) is 96.5 Å². The Hall–Kier alpha value is -3.08. The third-order valence-corrected chi connectivity index (χ3v) is 6.75. The summed E-state index contributed by atoms with van der Waals surface area (Å²) in [4.78, 5) is 56.8. The molecule has 0 saturated carbocycles. The van der Waals surface area contributed by atoms with Gasteiger partial charge in [-0.05, 0) is 42.6 Å². The maximum absolute atomic E-state index is 13.4. The van der Waals surface area contributed by atoms with Gasteiger partial charge >= 0.3 is 5.97 Å². The standard InChI is InChI=1S/C24H27N3O6S/c1-2-33-24(31)17-5-7-18(8-6-17)27-21(28)16-19(22(27)29)26(23(30)20-4-3-15-34-20)10-9-25-11-13-32-14-12-25/h3-8,15,19H,2,9-14,16H2,1H3. The first kappa shape index (κ1) is 24.1. The molecule has 2 saturated heterocycles. The van der Waals surface area contributed by atoms with Gasteiger partial charge in [0.25, 0.3) is 11.8 Å². The fourth-order valence-corrected chi connectivity index (χ4v) is 4.79. The molecule has 34 heavy (non-hydrogen) atoms. The van der Waals surface area contributed by atoms with E-state index in [1.807, 2.05) is 5.38 Å². The maximum Gasteiger partial charge on any atom is 0.338 e. The van der Waals surface area contributed by atoms with Crippen molar-refractivity contribution in [3.8, 4) is 0 Å². The average Bonchev–Trinajstić information content (AvgIpc) is 3.49. The molecule has 0 spiro atoms. The summed E-state index contributed by atoms with van der Waals surface area (Å²) in [6.07, 6.45) is -0.0846. The molecule has 10 heteroatoms. The summed E-state index contributed by atoms with van der Waals surface area (Å²) < 4.78 is 10.4. The molecule has 2 aliphatic rings. The molecule has 0 aliphatic carbocycles. The number of amides is 3. The largest absolute Gasteiger partial charge is 0.462 e. The van der Waals surface area contributed by atoms with Crippen LogP contribution in [0.15, 0.2) is 41.8 Å². The van der Waals surface area contributed by atoms with Crippen LogP contribution < -0.4 is 4.90 Å². The minimum atomic E-state index is -0.882. The number of ether oxygens (including phenoxy) is 2. The van der Waals surface area contributed by atoms with Crippen molar-refractivity contribution >= 4 is 40.7 Å². The van der Waals surface area contributed by atoms with Crippen LogP contribution in [-0.4, -0.2) is 85.5 Å². The molecule has 1 aromatic carbocycles. The van der Waals surface area contributed by atoms with Crippen molar-refractivity contribution in [2.45, 2.75) is 19.4 Å². The van der Waals surface area contributed by atoms with Crippen LogP contribution in [0.4, 0.5) is 5.69 Å². The highest BCUT2D eigenvalue weighted by molar-refractivity contribution is 7.12. The number of hydrogen-bond acceptors (Lipinski definition) is 8. The third kappa shape index (κ3) is 5.19. The highest BCUT2D eigenvalue weighted by Crippen LogP contribution is 2.28. The minimum Gasteiger partial charge on any atom is -0.462 e. The van der Waals surface area contributed by atoms with E-state index in [2.05, 4.69) is 4.90 Å². The first-order chi connectivity index (χ1) is 16.5. The Morgan fingerprint density at radius 2 is 1.88 bits per heavy atom. The zero-order valence-corrected chi connectivity index (χ0v) is 19.8. The zero-order valence-electron chi connectivity index (χ0n) is 19.0. The predicted octanol–water partition coefficient (Wildman–Crippen LogP) is 2.03. The van der Waals surface area contributed by atoms with E-state index in [0.29, 0.717) is 42.4 Å².